The molecule has 0 aliphatic rings. The summed E-state index contributed by atoms with van der Waals surface area (Å²) in [5, 5.41) is 8.72. The van der Waals surface area contributed by atoms with Gasteiger partial charge in [0.25, 0.3) is 0 Å². The van der Waals surface area contributed by atoms with Gasteiger partial charge in [-0.1, -0.05) is 0 Å². The summed E-state index contributed by atoms with van der Waals surface area (Å²) in [5.41, 5.74) is 0. The van der Waals surface area contributed by atoms with Gasteiger partial charge in [0.05, 0.1) is 12.1 Å². The van der Waals surface area contributed by atoms with E-state index in [1.165, 1.54) is 24.3 Å². The molecule has 4 heteroatoms. The van der Waals surface area contributed by atoms with Crippen molar-refractivity contribution in [1.29, 1.82) is 0 Å². The van der Waals surface area contributed by atoms with Gasteiger partial charge in [-0.15, -0.1) is 0 Å². The zero-order chi connectivity index (χ0) is 6.69. The van der Waals surface area contributed by atoms with E-state index in [2.05, 4.69) is 0 Å². The zero-order valence-electron chi connectivity index (χ0n) is 5.04. The Labute approximate surface area is 82.1 Å². The Balaban J connectivity index is 0.000000810. The third-order valence-corrected chi connectivity index (χ3v) is 1.38. The molecule has 52 valence electrons. The standard InChI is InChI=1S/C6H5FOS.Zr/c7-9-6-3-1-5(8)2-4-6;/h1-4,8H;. The molecule has 1 nitrogen and oxygen atoms in total. The van der Waals surface area contributed by atoms with Gasteiger partial charge in [-0.3, -0.25) is 0 Å². The van der Waals surface area contributed by atoms with Crippen molar-refractivity contribution in [3.63, 3.8) is 0 Å². The van der Waals surface area contributed by atoms with Crippen LogP contribution in [0.25, 0.3) is 0 Å². The van der Waals surface area contributed by atoms with E-state index in [1.54, 1.807) is 0 Å². The molecular weight excluding hydrogens is 230 g/mol. The number of benzene rings is 1. The third-order valence-electron chi connectivity index (χ3n) is 0.926. The maximum Gasteiger partial charge on any atom is 0.115 e. The minimum Gasteiger partial charge on any atom is -0.508 e. The van der Waals surface area contributed by atoms with Crippen molar-refractivity contribution in [2.45, 2.75) is 4.90 Å². The van der Waals surface area contributed by atoms with E-state index in [-0.39, 0.29) is 44.1 Å². The Morgan fingerprint density at radius 2 is 1.70 bits per heavy atom. The van der Waals surface area contributed by atoms with Gasteiger partial charge in [-0.2, -0.15) is 3.89 Å². The molecule has 0 heterocycles. The summed E-state index contributed by atoms with van der Waals surface area (Å²) in [6.07, 6.45) is 0. The topological polar surface area (TPSA) is 20.2 Å². The second-order valence-electron chi connectivity index (χ2n) is 1.57. The number of phenols is 1. The molecule has 10 heavy (non-hydrogen) atoms. The number of aromatic hydroxyl groups is 1. The molecule has 0 saturated carbocycles. The SMILES string of the molecule is Oc1ccc(SF)cc1.[Zr]. The van der Waals surface area contributed by atoms with Gasteiger partial charge in [0, 0.05) is 31.1 Å². The summed E-state index contributed by atoms with van der Waals surface area (Å²) in [6, 6.07) is 5.92. The maximum atomic E-state index is 11.7. The van der Waals surface area contributed by atoms with Crippen LogP contribution in [-0.4, -0.2) is 5.11 Å². The largest absolute Gasteiger partial charge is 0.508 e. The molecule has 0 saturated heterocycles. The number of halogens is 1. The molecule has 0 unspecified atom stereocenters. The molecule has 0 bridgehead atoms. The molecule has 0 spiro atoms. The zero-order valence-corrected chi connectivity index (χ0v) is 8.32. The average Bonchev–Trinajstić information content (AvgIpc) is 1.90. The molecule has 0 aromatic heterocycles. The van der Waals surface area contributed by atoms with Crippen molar-refractivity contribution >= 4 is 12.1 Å². The first-order valence-electron chi connectivity index (χ1n) is 2.40. The van der Waals surface area contributed by atoms with Crippen LogP contribution in [0.4, 0.5) is 3.89 Å². The van der Waals surface area contributed by atoms with Crippen LogP contribution in [0.5, 0.6) is 5.75 Å². The Morgan fingerprint density at radius 3 is 2.10 bits per heavy atom. The van der Waals surface area contributed by atoms with Crippen molar-refractivity contribution in [2.75, 3.05) is 0 Å². The molecule has 1 rings (SSSR count). The fraction of sp³-hybridized carbons (Fsp3) is 0. The minimum atomic E-state index is 0. The monoisotopic (exact) mass is 234 g/mol. The summed E-state index contributed by atoms with van der Waals surface area (Å²) in [7, 11) is 0. The van der Waals surface area contributed by atoms with Crippen LogP contribution < -0.4 is 0 Å². The quantitative estimate of drug-likeness (QED) is 0.806. The van der Waals surface area contributed by atoms with Crippen LogP contribution in [0.1, 0.15) is 0 Å². The molecule has 0 aliphatic carbocycles. The molecule has 0 aliphatic heterocycles. The first kappa shape index (κ1) is 10.2. The summed E-state index contributed by atoms with van der Waals surface area (Å²) in [5.74, 6) is 0.160. The van der Waals surface area contributed by atoms with Gasteiger partial charge in [0.1, 0.15) is 5.75 Å². The number of hydrogen-bond donors (Lipinski definition) is 1. The predicted octanol–water partition coefficient (Wildman–Crippen LogP) is 2.37. The van der Waals surface area contributed by atoms with Crippen LogP contribution in [0.2, 0.25) is 0 Å². The van der Waals surface area contributed by atoms with Crippen LogP contribution in [0, 0.1) is 0 Å². The van der Waals surface area contributed by atoms with E-state index in [0.29, 0.717) is 4.90 Å². The van der Waals surface area contributed by atoms with Crippen molar-refractivity contribution in [2.24, 2.45) is 0 Å². The Morgan fingerprint density at radius 1 is 1.20 bits per heavy atom. The normalized spacial score (nSPS) is 8.50. The van der Waals surface area contributed by atoms with E-state index >= 15 is 0 Å². The molecule has 1 aromatic carbocycles. The smallest absolute Gasteiger partial charge is 0.115 e. The van der Waals surface area contributed by atoms with E-state index < -0.39 is 0 Å². The van der Waals surface area contributed by atoms with Gasteiger partial charge in [0.15, 0.2) is 0 Å². The number of phenolic OH excluding ortho intramolecular Hbond substituents is 1. The number of hydrogen-bond acceptors (Lipinski definition) is 2. The third kappa shape index (κ3) is 2.84. The maximum absolute atomic E-state index is 11.7. The second-order valence-corrected chi connectivity index (χ2v) is 2.20. The van der Waals surface area contributed by atoms with E-state index in [9.17, 15) is 3.89 Å². The molecule has 0 atom stereocenters. The molecule has 0 fully saturated rings. The Hall–Kier alpha value is 0.183. The van der Waals surface area contributed by atoms with Gasteiger partial charge in [-0.05, 0) is 24.3 Å². The predicted molar refractivity (Wildman–Crippen MR) is 35.1 cm³/mol. The van der Waals surface area contributed by atoms with Crippen molar-refractivity contribution in [1.82, 2.24) is 0 Å². The second kappa shape index (κ2) is 4.92. The molecule has 1 aromatic rings. The molecule has 0 radical (unpaired) electrons. The van der Waals surface area contributed by atoms with Crippen molar-refractivity contribution in [3.05, 3.63) is 24.3 Å². The summed E-state index contributed by atoms with van der Waals surface area (Å²) >= 11 is 0.166. The van der Waals surface area contributed by atoms with E-state index in [4.69, 9.17) is 5.11 Å². The Kier molecular flexibility index (Phi) is 5.01. The van der Waals surface area contributed by atoms with Crippen LogP contribution in [-0.2, 0) is 26.2 Å². The fourth-order valence-electron chi connectivity index (χ4n) is 0.498. The fourth-order valence-corrected chi connectivity index (χ4v) is 0.737. The first-order valence-corrected chi connectivity index (χ1v) is 3.12. The molecular formula is C6H5FOSZr. The number of rotatable bonds is 1. The van der Waals surface area contributed by atoms with Crippen molar-refractivity contribution in [3.8, 4) is 5.75 Å². The van der Waals surface area contributed by atoms with Crippen LogP contribution >= 0.6 is 12.1 Å². The average molecular weight is 235 g/mol. The van der Waals surface area contributed by atoms with E-state index in [0.717, 1.165) is 0 Å². The summed E-state index contributed by atoms with van der Waals surface area (Å²) < 4.78 is 11.7. The van der Waals surface area contributed by atoms with Crippen molar-refractivity contribution < 1.29 is 35.2 Å². The van der Waals surface area contributed by atoms with Gasteiger partial charge in [0.2, 0.25) is 0 Å². The van der Waals surface area contributed by atoms with Gasteiger partial charge >= 0.3 is 0 Å². The Bertz CT molecular complexity index is 189. The van der Waals surface area contributed by atoms with E-state index in [1.807, 2.05) is 0 Å². The van der Waals surface area contributed by atoms with Gasteiger partial charge < -0.3 is 5.11 Å². The molecule has 1 N–H and O–H groups in total. The summed E-state index contributed by atoms with van der Waals surface area (Å²) in [6.45, 7) is 0. The summed E-state index contributed by atoms with van der Waals surface area (Å²) in [4.78, 5) is 0.507. The molecule has 0 amide bonds. The van der Waals surface area contributed by atoms with Gasteiger partial charge in [-0.25, -0.2) is 0 Å². The minimum absolute atomic E-state index is 0. The van der Waals surface area contributed by atoms with Crippen LogP contribution in [0.3, 0.4) is 0 Å². The van der Waals surface area contributed by atoms with Crippen LogP contribution in [0.15, 0.2) is 29.2 Å². The first-order chi connectivity index (χ1) is 4.33.